The molecule has 0 spiro atoms. The fraction of sp³-hybridized carbons (Fsp3) is 0.478. The molecule has 6 nitrogen and oxygen atoms in total. The fourth-order valence-electron chi connectivity index (χ4n) is 4.54. The molecule has 7 heteroatoms. The third kappa shape index (κ3) is 3.51. The largest absolute Gasteiger partial charge is 0.477 e. The molecule has 1 unspecified atom stereocenters. The number of rotatable bonds is 7. The molecule has 1 aliphatic heterocycles. The molecule has 1 aromatic heterocycles. The molecule has 1 atom stereocenters. The molecule has 30 heavy (non-hydrogen) atoms. The molecule has 1 saturated carbocycles. The number of nitrogens with zero attached hydrogens (tertiary/aromatic N) is 2. The van der Waals surface area contributed by atoms with E-state index < -0.39 is 17.2 Å². The van der Waals surface area contributed by atoms with E-state index in [1.54, 1.807) is 0 Å². The maximum Gasteiger partial charge on any atom is 0.341 e. The van der Waals surface area contributed by atoms with Gasteiger partial charge in [-0.15, -0.1) is 0 Å². The van der Waals surface area contributed by atoms with Crippen molar-refractivity contribution in [1.29, 1.82) is 0 Å². The van der Waals surface area contributed by atoms with Crippen LogP contribution >= 0.6 is 0 Å². The number of hydrogen-bond acceptors (Lipinski definition) is 4. The molecule has 160 valence electrons. The summed E-state index contributed by atoms with van der Waals surface area (Å²) in [7, 11) is 0. The first kappa shape index (κ1) is 20.6. The van der Waals surface area contributed by atoms with Crippen LogP contribution in [0.5, 0.6) is 0 Å². The van der Waals surface area contributed by atoms with Crippen molar-refractivity contribution in [3.05, 3.63) is 46.0 Å². The highest BCUT2D eigenvalue weighted by molar-refractivity contribution is 6.00. The van der Waals surface area contributed by atoms with Crippen LogP contribution in [-0.2, 0) is 0 Å². The number of benzene rings is 1. The van der Waals surface area contributed by atoms with Crippen molar-refractivity contribution in [2.45, 2.75) is 39.2 Å². The van der Waals surface area contributed by atoms with Gasteiger partial charge >= 0.3 is 5.97 Å². The molecule has 0 bridgehead atoms. The molecule has 1 aliphatic carbocycles. The number of aromatic nitrogens is 1. The van der Waals surface area contributed by atoms with Crippen molar-refractivity contribution >= 4 is 28.1 Å². The van der Waals surface area contributed by atoms with Crippen LogP contribution in [0.2, 0.25) is 0 Å². The highest BCUT2D eigenvalue weighted by Crippen LogP contribution is 2.42. The van der Waals surface area contributed by atoms with Crippen LogP contribution in [0.4, 0.5) is 10.1 Å². The van der Waals surface area contributed by atoms with E-state index >= 15 is 4.39 Å². The van der Waals surface area contributed by atoms with E-state index in [1.807, 2.05) is 16.4 Å². The highest BCUT2D eigenvalue weighted by atomic mass is 19.1. The number of hydrogen-bond donors (Lipinski definition) is 2. The first-order valence-corrected chi connectivity index (χ1v) is 10.6. The Morgan fingerprint density at radius 3 is 2.70 bits per heavy atom. The Labute approximate surface area is 175 Å². The summed E-state index contributed by atoms with van der Waals surface area (Å²) < 4.78 is 17.3. The third-order valence-corrected chi connectivity index (χ3v) is 6.12. The number of carboxylic acid groups (broad SMARTS) is 1. The summed E-state index contributed by atoms with van der Waals surface area (Å²) in [6.07, 6.45) is 4.21. The van der Waals surface area contributed by atoms with E-state index in [9.17, 15) is 14.7 Å². The molecular weight excluding hydrogens is 385 g/mol. The predicted octanol–water partition coefficient (Wildman–Crippen LogP) is 3.64. The van der Waals surface area contributed by atoms with Crippen molar-refractivity contribution < 1.29 is 14.3 Å². The van der Waals surface area contributed by atoms with Crippen LogP contribution in [0.3, 0.4) is 0 Å². The zero-order valence-corrected chi connectivity index (χ0v) is 17.5. The van der Waals surface area contributed by atoms with Gasteiger partial charge in [0.15, 0.2) is 0 Å². The maximum absolute atomic E-state index is 15.4. The van der Waals surface area contributed by atoms with Gasteiger partial charge in [0.05, 0.1) is 16.6 Å². The summed E-state index contributed by atoms with van der Waals surface area (Å²) >= 11 is 0. The number of anilines is 1. The van der Waals surface area contributed by atoms with Gasteiger partial charge in [-0.1, -0.05) is 13.5 Å². The van der Waals surface area contributed by atoms with Gasteiger partial charge in [0.1, 0.15) is 11.4 Å². The lowest BCUT2D eigenvalue weighted by atomic mass is 9.98. The number of carbonyl (C=O) groups is 1. The molecular formula is C23H28FN3O3. The van der Waals surface area contributed by atoms with E-state index in [0.29, 0.717) is 28.3 Å². The molecule has 4 rings (SSSR count). The van der Waals surface area contributed by atoms with E-state index in [0.717, 1.165) is 45.4 Å². The molecule has 2 aliphatic rings. The number of aromatic carboxylic acids is 1. The number of fused-ring (bicyclic) bond motifs is 1. The summed E-state index contributed by atoms with van der Waals surface area (Å²) in [4.78, 5) is 26.6. The van der Waals surface area contributed by atoms with Gasteiger partial charge in [-0.05, 0) is 56.8 Å². The maximum atomic E-state index is 15.4. The lowest BCUT2D eigenvalue weighted by Gasteiger charge is -2.26. The van der Waals surface area contributed by atoms with Crippen LogP contribution in [0.1, 0.15) is 55.1 Å². The number of nitrogens with one attached hydrogen (secondary N) is 1. The average molecular weight is 413 g/mol. The number of carboxylic acids is 1. The van der Waals surface area contributed by atoms with Gasteiger partial charge in [0, 0.05) is 30.9 Å². The molecule has 2 N–H and O–H groups in total. The Balaban J connectivity index is 1.94. The SMILES string of the molecule is C=C(C)c1c(N2CCC(CNCC)C2)c(F)cc2c(=O)c(C(=O)O)cn(C3CC3)c12. The lowest BCUT2D eigenvalue weighted by molar-refractivity contribution is 0.0695. The average Bonchev–Trinajstić information content (AvgIpc) is 3.43. The van der Waals surface area contributed by atoms with Gasteiger partial charge in [-0.25, -0.2) is 9.18 Å². The quantitative estimate of drug-likeness (QED) is 0.725. The first-order chi connectivity index (χ1) is 14.3. The van der Waals surface area contributed by atoms with Crippen LogP contribution < -0.4 is 15.6 Å². The smallest absolute Gasteiger partial charge is 0.341 e. The monoisotopic (exact) mass is 413 g/mol. The fourth-order valence-corrected chi connectivity index (χ4v) is 4.54. The van der Waals surface area contributed by atoms with Gasteiger partial charge in [-0.3, -0.25) is 4.79 Å². The van der Waals surface area contributed by atoms with Crippen molar-refractivity contribution in [3.8, 4) is 0 Å². The Bertz CT molecular complexity index is 1090. The van der Waals surface area contributed by atoms with Crippen molar-refractivity contribution in [1.82, 2.24) is 9.88 Å². The van der Waals surface area contributed by atoms with Gasteiger partial charge < -0.3 is 19.9 Å². The Morgan fingerprint density at radius 2 is 2.10 bits per heavy atom. The second-order valence-electron chi connectivity index (χ2n) is 8.48. The van der Waals surface area contributed by atoms with E-state index in [2.05, 4.69) is 18.8 Å². The van der Waals surface area contributed by atoms with Crippen LogP contribution in [-0.4, -0.2) is 41.8 Å². The minimum absolute atomic E-state index is 0.115. The summed E-state index contributed by atoms with van der Waals surface area (Å²) in [5, 5.41) is 13.0. The summed E-state index contributed by atoms with van der Waals surface area (Å²) in [6.45, 7) is 11.2. The summed E-state index contributed by atoms with van der Waals surface area (Å²) in [5.41, 5.74) is 1.41. The van der Waals surface area contributed by atoms with E-state index in [4.69, 9.17) is 0 Å². The third-order valence-electron chi connectivity index (χ3n) is 6.12. The summed E-state index contributed by atoms with van der Waals surface area (Å²) in [6, 6.07) is 1.35. The molecule has 2 aromatic rings. The standard InChI is InChI=1S/C23H28FN3O3/c1-4-25-10-14-7-8-26(11-14)21-18(24)9-16-20(19(21)13(2)3)27(15-5-6-15)12-17(22(16)28)23(29)30/h9,12,14-15,25H,2,4-8,10-11H2,1,3H3,(H,29,30). The van der Waals surface area contributed by atoms with Crippen LogP contribution in [0.25, 0.3) is 16.5 Å². The summed E-state index contributed by atoms with van der Waals surface area (Å²) in [5.74, 6) is -1.35. The second-order valence-corrected chi connectivity index (χ2v) is 8.48. The van der Waals surface area contributed by atoms with Crippen LogP contribution in [0.15, 0.2) is 23.6 Å². The number of allylic oxidation sites excluding steroid dienone is 1. The molecule has 1 saturated heterocycles. The van der Waals surface area contributed by atoms with Crippen LogP contribution in [0, 0.1) is 11.7 Å². The van der Waals surface area contributed by atoms with Gasteiger partial charge in [0.2, 0.25) is 5.43 Å². The highest BCUT2D eigenvalue weighted by Gasteiger charge is 2.32. The molecule has 0 amide bonds. The minimum atomic E-state index is -1.29. The molecule has 2 fully saturated rings. The Kier molecular flexibility index (Phi) is 5.40. The molecule has 2 heterocycles. The second kappa shape index (κ2) is 7.87. The topological polar surface area (TPSA) is 74.6 Å². The van der Waals surface area contributed by atoms with E-state index in [-0.39, 0.29) is 17.0 Å². The van der Waals surface area contributed by atoms with Crippen molar-refractivity contribution in [3.63, 3.8) is 0 Å². The van der Waals surface area contributed by atoms with Crippen molar-refractivity contribution in [2.24, 2.45) is 5.92 Å². The minimum Gasteiger partial charge on any atom is -0.477 e. The zero-order valence-electron chi connectivity index (χ0n) is 17.5. The van der Waals surface area contributed by atoms with Gasteiger partial charge in [0.25, 0.3) is 0 Å². The Morgan fingerprint density at radius 1 is 1.37 bits per heavy atom. The number of halogens is 1. The van der Waals surface area contributed by atoms with E-state index in [1.165, 1.54) is 12.3 Å². The molecule has 0 radical (unpaired) electrons. The van der Waals surface area contributed by atoms with Crippen molar-refractivity contribution in [2.75, 3.05) is 31.1 Å². The number of pyridine rings is 1. The Hall–Kier alpha value is -2.67. The normalized spacial score (nSPS) is 18.9. The zero-order chi connectivity index (χ0) is 21.6. The lowest BCUT2D eigenvalue weighted by Crippen LogP contribution is -2.28. The first-order valence-electron chi connectivity index (χ1n) is 10.6. The predicted molar refractivity (Wildman–Crippen MR) is 117 cm³/mol. The van der Waals surface area contributed by atoms with Gasteiger partial charge in [-0.2, -0.15) is 0 Å². The molecule has 1 aromatic carbocycles.